The second kappa shape index (κ2) is 7.48. The van der Waals surface area contributed by atoms with Gasteiger partial charge in [0, 0.05) is 29.8 Å². The summed E-state index contributed by atoms with van der Waals surface area (Å²) in [6, 6.07) is 8.78. The summed E-state index contributed by atoms with van der Waals surface area (Å²) in [7, 11) is 0. The summed E-state index contributed by atoms with van der Waals surface area (Å²) in [5.41, 5.74) is 0.708. The van der Waals surface area contributed by atoms with Gasteiger partial charge in [-0.1, -0.05) is 23.2 Å². The average molecular weight is 409 g/mol. The Hall–Kier alpha value is -1.73. The molecule has 5 nitrogen and oxygen atoms in total. The number of ether oxygens (including phenoxy) is 1. The van der Waals surface area contributed by atoms with E-state index in [1.165, 1.54) is 11.8 Å². The van der Waals surface area contributed by atoms with Crippen LogP contribution in [0.4, 0.5) is 0 Å². The molecule has 26 heavy (non-hydrogen) atoms. The number of nitrogens with zero attached hydrogens (tertiary/aromatic N) is 2. The third kappa shape index (κ3) is 3.69. The summed E-state index contributed by atoms with van der Waals surface area (Å²) in [4.78, 5) is 18.9. The van der Waals surface area contributed by atoms with E-state index in [1.54, 1.807) is 36.4 Å². The largest absolute Gasteiger partial charge is 0.457 e. The van der Waals surface area contributed by atoms with E-state index in [0.717, 1.165) is 13.1 Å². The molecule has 4 rings (SSSR count). The van der Waals surface area contributed by atoms with Gasteiger partial charge in [-0.15, -0.1) is 0 Å². The second-order valence-electron chi connectivity index (χ2n) is 5.74. The maximum Gasteiger partial charge on any atom is 0.286 e. The standard InChI is InChI=1S/C18H14Cl2N2O3S/c19-11-1-3-14(20)13(9-11)15-4-2-12(25-15)10-16-17(23)21-18(26-16)22-5-7-24-8-6-22/h1-4,9-10H,5-8H2/b16-10+. The first-order valence-electron chi connectivity index (χ1n) is 8.01. The third-order valence-corrected chi connectivity index (χ3v) is 5.59. The monoisotopic (exact) mass is 408 g/mol. The molecule has 2 aliphatic rings. The maximum atomic E-state index is 12.2. The molecule has 0 bridgehead atoms. The number of furan rings is 1. The molecule has 0 unspecified atom stereocenters. The molecule has 2 aromatic rings. The first kappa shape index (κ1) is 17.7. The molecule has 0 saturated carbocycles. The number of halogens is 2. The van der Waals surface area contributed by atoms with E-state index in [9.17, 15) is 4.79 Å². The van der Waals surface area contributed by atoms with Crippen molar-refractivity contribution < 1.29 is 13.9 Å². The molecular weight excluding hydrogens is 395 g/mol. The summed E-state index contributed by atoms with van der Waals surface area (Å²) < 4.78 is 11.2. The summed E-state index contributed by atoms with van der Waals surface area (Å²) in [6.07, 6.45) is 1.70. The van der Waals surface area contributed by atoms with Crippen molar-refractivity contribution in [1.29, 1.82) is 0 Å². The highest BCUT2D eigenvalue weighted by atomic mass is 35.5. The van der Waals surface area contributed by atoms with Gasteiger partial charge in [-0.3, -0.25) is 4.79 Å². The smallest absolute Gasteiger partial charge is 0.286 e. The molecule has 0 N–H and O–H groups in total. The summed E-state index contributed by atoms with van der Waals surface area (Å²) in [5, 5.41) is 1.84. The number of morpholine rings is 1. The van der Waals surface area contributed by atoms with Crippen molar-refractivity contribution >= 4 is 52.1 Å². The van der Waals surface area contributed by atoms with E-state index in [4.69, 9.17) is 32.4 Å². The van der Waals surface area contributed by atoms with Crippen molar-refractivity contribution in [3.63, 3.8) is 0 Å². The van der Waals surface area contributed by atoms with Crippen LogP contribution in [0, 0.1) is 0 Å². The Bertz CT molecular complexity index is 917. The fourth-order valence-corrected chi connectivity index (χ4v) is 4.01. The van der Waals surface area contributed by atoms with Gasteiger partial charge >= 0.3 is 0 Å². The number of aliphatic imine (C=N–C) groups is 1. The SMILES string of the molecule is O=C1N=C(N2CCOCC2)S/C1=C/c1ccc(-c2cc(Cl)ccc2Cl)o1. The Labute approximate surface area is 164 Å². The van der Waals surface area contributed by atoms with Crippen LogP contribution in [0.2, 0.25) is 10.0 Å². The molecule has 0 radical (unpaired) electrons. The molecule has 8 heteroatoms. The van der Waals surface area contributed by atoms with Crippen LogP contribution >= 0.6 is 35.0 Å². The predicted molar refractivity (Wildman–Crippen MR) is 105 cm³/mol. The van der Waals surface area contributed by atoms with E-state index in [1.807, 2.05) is 0 Å². The molecule has 1 amide bonds. The number of amides is 1. The molecule has 2 aliphatic heterocycles. The average Bonchev–Trinajstić information content (AvgIpc) is 3.25. The molecule has 3 heterocycles. The van der Waals surface area contributed by atoms with Crippen LogP contribution in [0.1, 0.15) is 5.76 Å². The molecule has 0 atom stereocenters. The lowest BCUT2D eigenvalue weighted by atomic mass is 10.2. The molecular formula is C18H14Cl2N2O3S. The van der Waals surface area contributed by atoms with Gasteiger partial charge in [0.05, 0.1) is 23.1 Å². The lowest BCUT2D eigenvalue weighted by Crippen LogP contribution is -2.38. The van der Waals surface area contributed by atoms with Gasteiger partial charge in [0.1, 0.15) is 11.5 Å². The van der Waals surface area contributed by atoms with Crippen molar-refractivity contribution in [2.24, 2.45) is 4.99 Å². The van der Waals surface area contributed by atoms with Gasteiger partial charge in [0.2, 0.25) is 0 Å². The molecule has 0 aliphatic carbocycles. The van der Waals surface area contributed by atoms with Crippen LogP contribution in [0.3, 0.4) is 0 Å². The highest BCUT2D eigenvalue weighted by Crippen LogP contribution is 2.34. The van der Waals surface area contributed by atoms with Gasteiger partial charge < -0.3 is 14.1 Å². The van der Waals surface area contributed by atoms with E-state index in [2.05, 4.69) is 9.89 Å². The summed E-state index contributed by atoms with van der Waals surface area (Å²) in [5.74, 6) is 0.898. The van der Waals surface area contributed by atoms with Gasteiger partial charge in [-0.25, -0.2) is 0 Å². The fraction of sp³-hybridized carbons (Fsp3) is 0.222. The van der Waals surface area contributed by atoms with Crippen LogP contribution in [0.5, 0.6) is 0 Å². The molecule has 0 spiro atoms. The van der Waals surface area contributed by atoms with E-state index in [-0.39, 0.29) is 5.91 Å². The zero-order chi connectivity index (χ0) is 18.1. The molecule has 1 aromatic carbocycles. The Morgan fingerprint density at radius 1 is 1.15 bits per heavy atom. The predicted octanol–water partition coefficient (Wildman–Crippen LogP) is 4.56. The maximum absolute atomic E-state index is 12.2. The number of benzene rings is 1. The van der Waals surface area contributed by atoms with Crippen molar-refractivity contribution in [1.82, 2.24) is 4.90 Å². The van der Waals surface area contributed by atoms with Gasteiger partial charge in [0.25, 0.3) is 5.91 Å². The number of carbonyl (C=O) groups is 1. The van der Waals surface area contributed by atoms with Crippen LogP contribution < -0.4 is 0 Å². The third-order valence-electron chi connectivity index (χ3n) is 3.98. The van der Waals surface area contributed by atoms with Gasteiger partial charge in [-0.05, 0) is 42.1 Å². The Morgan fingerprint density at radius 2 is 1.96 bits per heavy atom. The van der Waals surface area contributed by atoms with Crippen LogP contribution in [-0.4, -0.2) is 42.3 Å². The lowest BCUT2D eigenvalue weighted by Gasteiger charge is -2.27. The summed E-state index contributed by atoms with van der Waals surface area (Å²) >= 11 is 13.6. The molecule has 1 aromatic heterocycles. The first-order valence-corrected chi connectivity index (χ1v) is 9.58. The quantitative estimate of drug-likeness (QED) is 0.681. The minimum atomic E-state index is -0.254. The molecule has 134 valence electrons. The Morgan fingerprint density at radius 3 is 2.77 bits per heavy atom. The number of amidine groups is 1. The number of hydrogen-bond acceptors (Lipinski definition) is 5. The minimum Gasteiger partial charge on any atom is -0.457 e. The van der Waals surface area contributed by atoms with E-state index < -0.39 is 0 Å². The lowest BCUT2D eigenvalue weighted by molar-refractivity contribution is -0.113. The fourth-order valence-electron chi connectivity index (χ4n) is 2.68. The normalized spacial score (nSPS) is 19.3. The number of rotatable bonds is 2. The van der Waals surface area contributed by atoms with Gasteiger partial charge in [0.15, 0.2) is 5.17 Å². The van der Waals surface area contributed by atoms with Crippen molar-refractivity contribution in [3.8, 4) is 11.3 Å². The number of thioether (sulfide) groups is 1. The molecule has 1 fully saturated rings. The highest BCUT2D eigenvalue weighted by molar-refractivity contribution is 8.18. The zero-order valence-corrected chi connectivity index (χ0v) is 15.9. The van der Waals surface area contributed by atoms with E-state index >= 15 is 0 Å². The first-order chi connectivity index (χ1) is 12.6. The van der Waals surface area contributed by atoms with Gasteiger partial charge in [-0.2, -0.15) is 4.99 Å². The van der Waals surface area contributed by atoms with Crippen molar-refractivity contribution in [2.75, 3.05) is 26.3 Å². The Balaban J connectivity index is 1.54. The van der Waals surface area contributed by atoms with Crippen molar-refractivity contribution in [3.05, 3.63) is 51.0 Å². The number of carbonyl (C=O) groups excluding carboxylic acids is 1. The van der Waals surface area contributed by atoms with E-state index in [0.29, 0.717) is 50.4 Å². The molecule has 1 saturated heterocycles. The zero-order valence-electron chi connectivity index (χ0n) is 13.6. The highest BCUT2D eigenvalue weighted by Gasteiger charge is 2.27. The van der Waals surface area contributed by atoms with Crippen LogP contribution in [0.25, 0.3) is 17.4 Å². The van der Waals surface area contributed by atoms with Crippen LogP contribution in [-0.2, 0) is 9.53 Å². The second-order valence-corrected chi connectivity index (χ2v) is 7.59. The minimum absolute atomic E-state index is 0.254. The van der Waals surface area contributed by atoms with Crippen molar-refractivity contribution in [2.45, 2.75) is 0 Å². The number of hydrogen-bond donors (Lipinski definition) is 0. The Kier molecular flexibility index (Phi) is 5.09. The topological polar surface area (TPSA) is 55.0 Å². The van der Waals surface area contributed by atoms with Crippen LogP contribution in [0.15, 0.2) is 44.6 Å². The summed E-state index contributed by atoms with van der Waals surface area (Å²) in [6.45, 7) is 2.78.